The van der Waals surface area contributed by atoms with Crippen LogP contribution in [0.5, 0.6) is 10.9 Å². The van der Waals surface area contributed by atoms with Gasteiger partial charge in [-0.05, 0) is 12.1 Å². The summed E-state index contributed by atoms with van der Waals surface area (Å²) < 4.78 is 5.42. The van der Waals surface area contributed by atoms with E-state index in [1.807, 2.05) is 0 Å². The van der Waals surface area contributed by atoms with Gasteiger partial charge < -0.3 is 10.5 Å². The lowest BCUT2D eigenvalue weighted by molar-refractivity contribution is 0.479. The largest absolute Gasteiger partial charge is 0.429 e. The summed E-state index contributed by atoms with van der Waals surface area (Å²) in [6, 6.07) is 4.98. The number of thiazole rings is 1. The zero-order chi connectivity index (χ0) is 10.8. The number of benzene rings is 1. The predicted molar refractivity (Wildman–Crippen MR) is 63.1 cm³/mol. The van der Waals surface area contributed by atoms with Crippen LogP contribution in [-0.4, -0.2) is 4.98 Å². The van der Waals surface area contributed by atoms with Gasteiger partial charge in [-0.1, -0.05) is 34.5 Å². The van der Waals surface area contributed by atoms with Crippen molar-refractivity contribution < 1.29 is 4.74 Å². The first kappa shape index (κ1) is 10.5. The first-order chi connectivity index (χ1) is 7.15. The number of hydrogen-bond acceptors (Lipinski definition) is 4. The summed E-state index contributed by atoms with van der Waals surface area (Å²) in [6.07, 6.45) is 1.53. The van der Waals surface area contributed by atoms with E-state index in [9.17, 15) is 0 Å². The summed E-state index contributed by atoms with van der Waals surface area (Å²) in [7, 11) is 0. The topological polar surface area (TPSA) is 48.1 Å². The van der Waals surface area contributed by atoms with Crippen LogP contribution in [0.15, 0.2) is 24.4 Å². The number of halogens is 2. The molecule has 2 aromatic rings. The second-order valence-corrected chi connectivity index (χ2v) is 4.57. The number of hydrogen-bond donors (Lipinski definition) is 1. The van der Waals surface area contributed by atoms with E-state index < -0.39 is 0 Å². The van der Waals surface area contributed by atoms with Crippen molar-refractivity contribution in [2.45, 2.75) is 0 Å². The molecule has 1 aromatic carbocycles. The van der Waals surface area contributed by atoms with Gasteiger partial charge in [-0.15, -0.1) is 0 Å². The molecule has 0 amide bonds. The SMILES string of the molecule is Nc1cnc(Oc2cc(Cl)ccc2Cl)s1. The monoisotopic (exact) mass is 260 g/mol. The van der Waals surface area contributed by atoms with Crippen molar-refractivity contribution in [2.75, 3.05) is 5.73 Å². The number of nitrogens with zero attached hydrogens (tertiary/aromatic N) is 1. The van der Waals surface area contributed by atoms with E-state index in [1.54, 1.807) is 18.2 Å². The third-order valence-electron chi connectivity index (χ3n) is 1.59. The van der Waals surface area contributed by atoms with Crippen LogP contribution in [0.4, 0.5) is 5.00 Å². The van der Waals surface area contributed by atoms with E-state index in [0.717, 1.165) is 0 Å². The highest BCUT2D eigenvalue weighted by Gasteiger charge is 2.06. The molecule has 0 radical (unpaired) electrons. The van der Waals surface area contributed by atoms with Crippen LogP contribution in [0.1, 0.15) is 0 Å². The van der Waals surface area contributed by atoms with Crippen LogP contribution >= 0.6 is 34.5 Å². The minimum Gasteiger partial charge on any atom is -0.429 e. The Kier molecular flexibility index (Phi) is 3.00. The highest BCUT2D eigenvalue weighted by molar-refractivity contribution is 7.17. The minimum absolute atomic E-state index is 0.441. The lowest BCUT2D eigenvalue weighted by Gasteiger charge is -2.03. The van der Waals surface area contributed by atoms with Crippen molar-refractivity contribution in [3.8, 4) is 10.9 Å². The molecule has 2 rings (SSSR count). The zero-order valence-corrected chi connectivity index (χ0v) is 9.73. The Hall–Kier alpha value is -0.970. The number of aromatic nitrogens is 1. The normalized spacial score (nSPS) is 10.3. The molecule has 0 unspecified atom stereocenters. The van der Waals surface area contributed by atoms with Crippen molar-refractivity contribution in [2.24, 2.45) is 0 Å². The van der Waals surface area contributed by atoms with Crippen LogP contribution in [0.25, 0.3) is 0 Å². The fourth-order valence-corrected chi connectivity index (χ4v) is 1.83. The number of ether oxygens (including phenoxy) is 1. The Morgan fingerprint density at radius 1 is 1.33 bits per heavy atom. The summed E-state index contributed by atoms with van der Waals surface area (Å²) in [5, 5.41) is 2.06. The summed E-state index contributed by atoms with van der Waals surface area (Å²) in [6.45, 7) is 0. The van der Waals surface area contributed by atoms with Gasteiger partial charge in [0.25, 0.3) is 5.19 Å². The molecule has 0 saturated heterocycles. The van der Waals surface area contributed by atoms with Crippen molar-refractivity contribution in [1.82, 2.24) is 4.98 Å². The molecule has 0 bridgehead atoms. The van der Waals surface area contributed by atoms with E-state index in [1.165, 1.54) is 17.5 Å². The van der Waals surface area contributed by atoms with Gasteiger partial charge in [0.05, 0.1) is 11.2 Å². The van der Waals surface area contributed by atoms with Gasteiger partial charge in [0, 0.05) is 11.1 Å². The number of anilines is 1. The highest BCUT2D eigenvalue weighted by Crippen LogP contribution is 2.34. The first-order valence-electron chi connectivity index (χ1n) is 3.99. The second kappa shape index (κ2) is 4.26. The van der Waals surface area contributed by atoms with E-state index in [0.29, 0.717) is 26.0 Å². The minimum atomic E-state index is 0.441. The third kappa shape index (κ3) is 2.53. The Morgan fingerprint density at radius 2 is 2.13 bits per heavy atom. The van der Waals surface area contributed by atoms with Gasteiger partial charge in [0.2, 0.25) is 0 Å². The quantitative estimate of drug-likeness (QED) is 0.893. The average molecular weight is 261 g/mol. The first-order valence-corrected chi connectivity index (χ1v) is 5.56. The number of rotatable bonds is 2. The molecule has 15 heavy (non-hydrogen) atoms. The molecule has 3 nitrogen and oxygen atoms in total. The fraction of sp³-hybridized carbons (Fsp3) is 0. The zero-order valence-electron chi connectivity index (χ0n) is 7.41. The molecule has 0 atom stereocenters. The molecule has 0 saturated carbocycles. The lowest BCUT2D eigenvalue weighted by Crippen LogP contribution is -1.83. The molecule has 0 spiro atoms. The van der Waals surface area contributed by atoms with Crippen LogP contribution in [-0.2, 0) is 0 Å². The highest BCUT2D eigenvalue weighted by atomic mass is 35.5. The maximum Gasteiger partial charge on any atom is 0.280 e. The molecule has 6 heteroatoms. The molecule has 0 aliphatic carbocycles. The molecule has 0 aliphatic heterocycles. The second-order valence-electron chi connectivity index (χ2n) is 2.71. The maximum absolute atomic E-state index is 5.91. The molecular formula is C9H6Cl2N2OS. The molecular weight excluding hydrogens is 255 g/mol. The lowest BCUT2D eigenvalue weighted by atomic mass is 10.3. The number of nitrogen functional groups attached to an aromatic ring is 1. The molecule has 0 fully saturated rings. The van der Waals surface area contributed by atoms with Gasteiger partial charge >= 0.3 is 0 Å². The fourth-order valence-electron chi connectivity index (χ4n) is 0.967. The van der Waals surface area contributed by atoms with Gasteiger partial charge in [0.15, 0.2) is 0 Å². The summed E-state index contributed by atoms with van der Waals surface area (Å²) >= 11 is 13.0. The maximum atomic E-state index is 5.91. The van der Waals surface area contributed by atoms with E-state index in [4.69, 9.17) is 33.7 Å². The van der Waals surface area contributed by atoms with Gasteiger partial charge in [-0.2, -0.15) is 0 Å². The Balaban J connectivity index is 2.27. The Morgan fingerprint density at radius 3 is 2.80 bits per heavy atom. The van der Waals surface area contributed by atoms with Crippen LogP contribution in [0.3, 0.4) is 0 Å². The standard InChI is InChI=1S/C9H6Cl2N2OS/c10-5-1-2-6(11)7(3-5)14-9-13-4-8(12)15-9/h1-4H,12H2. The molecule has 0 aliphatic rings. The van der Waals surface area contributed by atoms with Crippen LogP contribution < -0.4 is 10.5 Å². The van der Waals surface area contributed by atoms with E-state index in [2.05, 4.69) is 4.98 Å². The average Bonchev–Trinajstić information content (AvgIpc) is 2.58. The molecule has 2 N–H and O–H groups in total. The van der Waals surface area contributed by atoms with E-state index in [-0.39, 0.29) is 0 Å². The predicted octanol–water partition coefficient (Wildman–Crippen LogP) is 3.82. The van der Waals surface area contributed by atoms with Crippen molar-refractivity contribution in [1.29, 1.82) is 0 Å². The third-order valence-corrected chi connectivity index (χ3v) is 2.84. The Labute approximate surface area is 100 Å². The van der Waals surface area contributed by atoms with Crippen molar-refractivity contribution >= 4 is 39.5 Å². The summed E-state index contributed by atoms with van der Waals surface area (Å²) in [5.74, 6) is 0.471. The van der Waals surface area contributed by atoms with Crippen LogP contribution in [0, 0.1) is 0 Å². The van der Waals surface area contributed by atoms with Crippen LogP contribution in [0.2, 0.25) is 10.0 Å². The molecule has 1 aromatic heterocycles. The van der Waals surface area contributed by atoms with Gasteiger partial charge in [-0.3, -0.25) is 0 Å². The van der Waals surface area contributed by atoms with Crippen molar-refractivity contribution in [3.05, 3.63) is 34.4 Å². The van der Waals surface area contributed by atoms with Gasteiger partial charge in [-0.25, -0.2) is 4.98 Å². The van der Waals surface area contributed by atoms with Gasteiger partial charge in [0.1, 0.15) is 10.8 Å². The molecule has 78 valence electrons. The molecule has 1 heterocycles. The van der Waals surface area contributed by atoms with Crippen molar-refractivity contribution in [3.63, 3.8) is 0 Å². The smallest absolute Gasteiger partial charge is 0.280 e. The summed E-state index contributed by atoms with van der Waals surface area (Å²) in [4.78, 5) is 3.95. The van der Waals surface area contributed by atoms with E-state index >= 15 is 0 Å². The number of nitrogens with two attached hydrogens (primary N) is 1. The Bertz CT molecular complexity index is 487. The summed E-state index contributed by atoms with van der Waals surface area (Å²) in [5.41, 5.74) is 5.52.